The number of hydrogen-bond donors (Lipinski definition) is 0. The summed E-state index contributed by atoms with van der Waals surface area (Å²) in [5.74, 6) is 0.330. The van der Waals surface area contributed by atoms with Crippen LogP contribution in [0.15, 0.2) is 11.1 Å². The molecule has 2 aliphatic heterocycles. The average molecular weight is 232 g/mol. The van der Waals surface area contributed by atoms with E-state index in [0.29, 0.717) is 12.5 Å². The van der Waals surface area contributed by atoms with Gasteiger partial charge in [0.15, 0.2) is 0 Å². The molecule has 2 fully saturated rings. The fraction of sp³-hybridized carbons (Fsp3) is 0.692. The van der Waals surface area contributed by atoms with Gasteiger partial charge in [0.05, 0.1) is 12.2 Å². The van der Waals surface area contributed by atoms with Gasteiger partial charge in [-0.2, -0.15) is 10.5 Å². The molecular weight excluding hydrogens is 216 g/mol. The molecule has 0 saturated carbocycles. The summed E-state index contributed by atoms with van der Waals surface area (Å²) in [6.07, 6.45) is 1.65. The van der Waals surface area contributed by atoms with Crippen LogP contribution in [0.3, 0.4) is 0 Å². The molecule has 0 amide bonds. The summed E-state index contributed by atoms with van der Waals surface area (Å²) in [4.78, 5) is 0. The Labute approximate surface area is 101 Å². The molecule has 17 heavy (non-hydrogen) atoms. The molecule has 0 unspecified atom stereocenters. The van der Waals surface area contributed by atoms with Crippen LogP contribution in [0.4, 0.5) is 0 Å². The zero-order valence-corrected chi connectivity index (χ0v) is 10.1. The van der Waals surface area contributed by atoms with Gasteiger partial charge in [-0.25, -0.2) is 0 Å². The highest BCUT2D eigenvalue weighted by Gasteiger charge is 2.47. The van der Waals surface area contributed by atoms with E-state index >= 15 is 0 Å². The highest BCUT2D eigenvalue weighted by Crippen LogP contribution is 2.42. The standard InChI is InChI=1S/C13H16N2O2/c1-3-16-12-8(2)11-5-4-10(13(12)17-11)9(6-14)7-15/h8,11-13H,3-5H2,1-2H3/t8-,11+,12+,13-/m1/s1. The van der Waals surface area contributed by atoms with Crippen LogP contribution < -0.4 is 0 Å². The van der Waals surface area contributed by atoms with Crippen molar-refractivity contribution in [1.29, 1.82) is 10.5 Å². The first-order chi connectivity index (χ1) is 8.22. The Bertz CT molecular complexity index is 400. The second kappa shape index (κ2) is 4.87. The number of ether oxygens (including phenoxy) is 2. The topological polar surface area (TPSA) is 66.0 Å². The van der Waals surface area contributed by atoms with Crippen LogP contribution in [0.25, 0.3) is 0 Å². The molecule has 0 aliphatic carbocycles. The van der Waals surface area contributed by atoms with Crippen molar-refractivity contribution in [2.75, 3.05) is 6.61 Å². The van der Waals surface area contributed by atoms with E-state index < -0.39 is 0 Å². The molecule has 2 rings (SSSR count). The minimum Gasteiger partial charge on any atom is -0.375 e. The van der Waals surface area contributed by atoms with Crippen LogP contribution in [0.5, 0.6) is 0 Å². The van der Waals surface area contributed by atoms with Gasteiger partial charge in [-0.15, -0.1) is 0 Å². The summed E-state index contributed by atoms with van der Waals surface area (Å²) in [7, 11) is 0. The Hall–Kier alpha value is -1.36. The van der Waals surface area contributed by atoms with Gasteiger partial charge in [-0.05, 0) is 25.3 Å². The van der Waals surface area contributed by atoms with Crippen molar-refractivity contribution in [3.63, 3.8) is 0 Å². The van der Waals surface area contributed by atoms with Crippen molar-refractivity contribution in [2.45, 2.75) is 45.0 Å². The van der Waals surface area contributed by atoms with E-state index in [1.807, 2.05) is 19.1 Å². The van der Waals surface area contributed by atoms with E-state index in [1.165, 1.54) is 0 Å². The summed E-state index contributed by atoms with van der Waals surface area (Å²) in [6.45, 7) is 4.70. The second-order valence-electron chi connectivity index (χ2n) is 4.54. The molecule has 4 atom stereocenters. The maximum atomic E-state index is 8.96. The number of allylic oxidation sites excluding steroid dienone is 1. The fourth-order valence-corrected chi connectivity index (χ4v) is 2.80. The largest absolute Gasteiger partial charge is 0.375 e. The molecule has 0 aromatic carbocycles. The van der Waals surface area contributed by atoms with Gasteiger partial charge in [-0.3, -0.25) is 0 Å². The molecule has 0 N–H and O–H groups in total. The molecule has 4 heteroatoms. The minimum absolute atomic E-state index is 0.0146. The Morgan fingerprint density at radius 2 is 2.18 bits per heavy atom. The summed E-state index contributed by atoms with van der Waals surface area (Å²) in [5.41, 5.74) is 1.03. The van der Waals surface area contributed by atoms with E-state index in [-0.39, 0.29) is 23.9 Å². The summed E-state index contributed by atoms with van der Waals surface area (Å²) >= 11 is 0. The third kappa shape index (κ3) is 1.95. The second-order valence-corrected chi connectivity index (χ2v) is 4.54. The SMILES string of the molecule is CCO[C@H]1[C@H](C)[C@@H]2CCC(=C(C#N)C#N)[C@H]1O2. The first-order valence-corrected chi connectivity index (χ1v) is 6.03. The minimum atomic E-state index is -0.196. The summed E-state index contributed by atoms with van der Waals surface area (Å²) in [6, 6.07) is 3.93. The smallest absolute Gasteiger partial charge is 0.131 e. The van der Waals surface area contributed by atoms with Crippen LogP contribution in [0, 0.1) is 28.6 Å². The molecule has 0 aromatic heterocycles. The first kappa shape index (κ1) is 12.1. The van der Waals surface area contributed by atoms with Crippen molar-refractivity contribution >= 4 is 0 Å². The molecular formula is C13H16N2O2. The normalized spacial score (nSPS) is 35.2. The van der Waals surface area contributed by atoms with E-state index in [2.05, 4.69) is 6.92 Å². The van der Waals surface area contributed by atoms with Crippen molar-refractivity contribution in [1.82, 2.24) is 0 Å². The molecule has 90 valence electrons. The van der Waals surface area contributed by atoms with Crippen LogP contribution in [0.2, 0.25) is 0 Å². The lowest BCUT2D eigenvalue weighted by molar-refractivity contribution is -0.0149. The average Bonchev–Trinajstić information content (AvgIpc) is 2.59. The predicted molar refractivity (Wildman–Crippen MR) is 60.7 cm³/mol. The number of hydrogen-bond acceptors (Lipinski definition) is 4. The maximum Gasteiger partial charge on any atom is 0.131 e. The summed E-state index contributed by atoms with van der Waals surface area (Å²) < 4.78 is 11.6. The molecule has 0 aromatic rings. The van der Waals surface area contributed by atoms with Crippen molar-refractivity contribution in [3.8, 4) is 12.1 Å². The quantitative estimate of drug-likeness (QED) is 0.682. The van der Waals surface area contributed by atoms with Crippen molar-refractivity contribution in [3.05, 3.63) is 11.1 Å². The van der Waals surface area contributed by atoms with Gasteiger partial charge >= 0.3 is 0 Å². The highest BCUT2D eigenvalue weighted by atomic mass is 16.6. The van der Waals surface area contributed by atoms with Gasteiger partial charge in [0.1, 0.15) is 23.8 Å². The maximum absolute atomic E-state index is 8.96. The van der Waals surface area contributed by atoms with Crippen LogP contribution in [-0.4, -0.2) is 24.9 Å². The first-order valence-electron chi connectivity index (χ1n) is 6.03. The van der Waals surface area contributed by atoms with Crippen LogP contribution in [0.1, 0.15) is 26.7 Å². The van der Waals surface area contributed by atoms with Gasteiger partial charge in [-0.1, -0.05) is 6.92 Å². The number of nitrogens with zero attached hydrogens (tertiary/aromatic N) is 2. The van der Waals surface area contributed by atoms with Crippen molar-refractivity contribution in [2.24, 2.45) is 5.92 Å². The third-order valence-electron chi connectivity index (χ3n) is 3.67. The lowest BCUT2D eigenvalue weighted by Crippen LogP contribution is -2.30. The van der Waals surface area contributed by atoms with Crippen molar-refractivity contribution < 1.29 is 9.47 Å². The Morgan fingerprint density at radius 3 is 2.76 bits per heavy atom. The van der Waals surface area contributed by atoms with Crippen LogP contribution >= 0.6 is 0 Å². The Morgan fingerprint density at radius 1 is 1.47 bits per heavy atom. The van der Waals surface area contributed by atoms with Gasteiger partial charge in [0.25, 0.3) is 0 Å². The highest BCUT2D eigenvalue weighted by molar-refractivity contribution is 5.43. The molecule has 0 spiro atoms. The van der Waals surface area contributed by atoms with Gasteiger partial charge in [0.2, 0.25) is 0 Å². The molecule has 0 radical (unpaired) electrons. The number of fused-ring (bicyclic) bond motifs is 2. The monoisotopic (exact) mass is 232 g/mol. The zero-order chi connectivity index (χ0) is 12.4. The van der Waals surface area contributed by atoms with E-state index in [1.54, 1.807) is 0 Å². The van der Waals surface area contributed by atoms with Gasteiger partial charge in [0, 0.05) is 12.5 Å². The fourth-order valence-electron chi connectivity index (χ4n) is 2.80. The Kier molecular flexibility index (Phi) is 3.47. The third-order valence-corrected chi connectivity index (χ3v) is 3.67. The van der Waals surface area contributed by atoms with E-state index in [4.69, 9.17) is 20.0 Å². The van der Waals surface area contributed by atoms with E-state index in [9.17, 15) is 0 Å². The molecule has 2 heterocycles. The van der Waals surface area contributed by atoms with Gasteiger partial charge < -0.3 is 9.47 Å². The molecule has 2 bridgehead atoms. The Balaban J connectivity index is 2.33. The van der Waals surface area contributed by atoms with E-state index in [0.717, 1.165) is 18.4 Å². The predicted octanol–water partition coefficient (Wildman–Crippen LogP) is 1.93. The van der Waals surface area contributed by atoms with Crippen LogP contribution in [-0.2, 0) is 9.47 Å². The number of nitriles is 2. The number of rotatable bonds is 2. The summed E-state index contributed by atoms with van der Waals surface area (Å²) in [5, 5.41) is 17.9. The lowest BCUT2D eigenvalue weighted by Gasteiger charge is -2.25. The zero-order valence-electron chi connectivity index (χ0n) is 10.1. The molecule has 2 aliphatic rings. The molecule has 4 nitrogen and oxygen atoms in total. The molecule has 2 saturated heterocycles. The lowest BCUT2D eigenvalue weighted by atomic mass is 9.96.